The van der Waals surface area contributed by atoms with Crippen molar-refractivity contribution in [3.8, 4) is 0 Å². The Balaban J connectivity index is 3.94. The second kappa shape index (κ2) is 7.39. The van der Waals surface area contributed by atoms with Crippen LogP contribution in [0.15, 0.2) is 52.9 Å². The van der Waals surface area contributed by atoms with E-state index in [0.29, 0.717) is 0 Å². The zero-order chi connectivity index (χ0) is 11.0. The summed E-state index contributed by atoms with van der Waals surface area (Å²) in [5.41, 5.74) is 1.95. The second-order valence-corrected chi connectivity index (χ2v) is 3.95. The van der Waals surface area contributed by atoms with Gasteiger partial charge in [-0.25, -0.2) is 0 Å². The van der Waals surface area contributed by atoms with Crippen molar-refractivity contribution in [3.63, 3.8) is 0 Å². The first kappa shape index (κ1) is 13.0. The summed E-state index contributed by atoms with van der Waals surface area (Å²) >= 11 is 1.60. The van der Waals surface area contributed by atoms with Gasteiger partial charge in [0, 0.05) is 7.05 Å². The Labute approximate surface area is 91.0 Å². The average Bonchev–Trinajstić information content (AvgIpc) is 2.16. The van der Waals surface area contributed by atoms with Gasteiger partial charge in [-0.15, -0.1) is 0 Å². The van der Waals surface area contributed by atoms with Crippen LogP contribution in [0.2, 0.25) is 0 Å². The first-order chi connectivity index (χ1) is 6.57. The minimum atomic E-state index is 0.959. The molecule has 0 unspecified atom stereocenters. The molecule has 0 amide bonds. The van der Waals surface area contributed by atoms with Crippen molar-refractivity contribution in [2.45, 2.75) is 13.8 Å². The van der Waals surface area contributed by atoms with Crippen molar-refractivity contribution in [2.75, 3.05) is 7.05 Å². The third-order valence-electron chi connectivity index (χ3n) is 1.59. The van der Waals surface area contributed by atoms with Gasteiger partial charge in [0.15, 0.2) is 0 Å². The normalized spacial score (nSPS) is 12.6. The molecule has 0 radical (unpaired) electrons. The predicted octanol–water partition coefficient (Wildman–Crippen LogP) is 3.97. The molecule has 76 valence electrons. The van der Waals surface area contributed by atoms with Gasteiger partial charge in [0.25, 0.3) is 0 Å². The van der Waals surface area contributed by atoms with E-state index in [-0.39, 0.29) is 0 Å². The number of hydrogen-bond donors (Lipinski definition) is 0. The Morgan fingerprint density at radius 2 is 1.86 bits per heavy atom. The fourth-order valence-electron chi connectivity index (χ4n) is 0.550. The highest BCUT2D eigenvalue weighted by atomic mass is 32.2. The smallest absolute Gasteiger partial charge is 0.0683 e. The van der Waals surface area contributed by atoms with E-state index in [4.69, 9.17) is 0 Å². The zero-order valence-electron chi connectivity index (χ0n) is 9.08. The van der Waals surface area contributed by atoms with Crippen molar-refractivity contribution in [1.29, 1.82) is 0 Å². The molecule has 0 aromatic rings. The molecule has 0 aromatic carbocycles. The molecular weight excluding hydrogens is 190 g/mol. The lowest BCUT2D eigenvalue weighted by atomic mass is 10.1. The van der Waals surface area contributed by atoms with E-state index >= 15 is 0 Å². The summed E-state index contributed by atoms with van der Waals surface area (Å²) in [5.74, 6) is 0. The Morgan fingerprint density at radius 1 is 1.21 bits per heavy atom. The van der Waals surface area contributed by atoms with E-state index in [2.05, 4.69) is 18.2 Å². The lowest BCUT2D eigenvalue weighted by molar-refractivity contribution is 1.45. The van der Waals surface area contributed by atoms with E-state index in [1.165, 1.54) is 0 Å². The molecule has 0 saturated carbocycles. The molecule has 0 rings (SSSR count). The molecule has 0 spiro atoms. The lowest BCUT2D eigenvalue weighted by Gasteiger charge is -1.93. The van der Waals surface area contributed by atoms with E-state index in [1.54, 1.807) is 18.8 Å². The van der Waals surface area contributed by atoms with E-state index in [0.717, 1.165) is 16.2 Å². The van der Waals surface area contributed by atoms with Gasteiger partial charge in [-0.2, -0.15) is 0 Å². The highest BCUT2D eigenvalue weighted by Gasteiger charge is 1.85. The molecular formula is C12H17NS. The van der Waals surface area contributed by atoms with Crippen LogP contribution in [0.4, 0.5) is 0 Å². The molecule has 0 atom stereocenters. The molecule has 0 bridgehead atoms. The van der Waals surface area contributed by atoms with Gasteiger partial charge in [0.05, 0.1) is 5.04 Å². The Bertz CT molecular complexity index is 295. The van der Waals surface area contributed by atoms with Gasteiger partial charge >= 0.3 is 0 Å². The van der Waals surface area contributed by atoms with Crippen molar-refractivity contribution < 1.29 is 0 Å². The monoisotopic (exact) mass is 207 g/mol. The molecule has 1 nitrogen and oxygen atoms in total. The summed E-state index contributed by atoms with van der Waals surface area (Å²) < 4.78 is 0. The minimum absolute atomic E-state index is 0.959. The number of thioether (sulfide) groups is 1. The van der Waals surface area contributed by atoms with Crippen LogP contribution in [0.25, 0.3) is 0 Å². The highest BCUT2D eigenvalue weighted by molar-refractivity contribution is 8.16. The van der Waals surface area contributed by atoms with Crippen LogP contribution in [0.3, 0.4) is 0 Å². The van der Waals surface area contributed by atoms with Crippen molar-refractivity contribution in [1.82, 2.24) is 0 Å². The fourth-order valence-corrected chi connectivity index (χ4v) is 1.02. The van der Waals surface area contributed by atoms with Crippen molar-refractivity contribution >= 4 is 16.8 Å². The molecule has 0 aliphatic heterocycles. The molecule has 0 aliphatic rings. The zero-order valence-corrected chi connectivity index (χ0v) is 9.90. The summed E-state index contributed by atoms with van der Waals surface area (Å²) in [5, 5.41) is 3.04. The van der Waals surface area contributed by atoms with Crippen LogP contribution in [0.1, 0.15) is 13.8 Å². The molecule has 0 saturated heterocycles. The maximum atomic E-state index is 4.02. The molecule has 0 aromatic heterocycles. The number of hydrogen-bond acceptors (Lipinski definition) is 2. The third-order valence-corrected chi connectivity index (χ3v) is 2.41. The quantitative estimate of drug-likeness (QED) is 0.386. The summed E-state index contributed by atoms with van der Waals surface area (Å²) in [6.45, 7) is 11.6. The average molecular weight is 207 g/mol. The summed E-state index contributed by atoms with van der Waals surface area (Å²) in [7, 11) is 1.79. The standard InChI is InChI=1S/C12H17NS/c1-10(2)11(3)8-6-7-9-14-12(4)13-5/h6-9H,1,3H2,2,4-5H3/b8-6-,9-7+,13-12?. The second-order valence-electron chi connectivity index (χ2n) is 2.85. The molecule has 0 aliphatic carbocycles. The topological polar surface area (TPSA) is 12.4 Å². The number of nitrogens with zero attached hydrogens (tertiary/aromatic N) is 1. The van der Waals surface area contributed by atoms with Crippen LogP contribution in [0, 0.1) is 0 Å². The lowest BCUT2D eigenvalue weighted by Crippen LogP contribution is -1.76. The Hall–Kier alpha value is -1.02. The van der Waals surface area contributed by atoms with Gasteiger partial charge in [-0.1, -0.05) is 48.7 Å². The summed E-state index contributed by atoms with van der Waals surface area (Å²) in [4.78, 5) is 4.02. The Kier molecular flexibility index (Phi) is 6.85. The fraction of sp³-hybridized carbons (Fsp3) is 0.250. The van der Waals surface area contributed by atoms with Crippen LogP contribution in [-0.2, 0) is 0 Å². The molecule has 0 fully saturated rings. The molecule has 14 heavy (non-hydrogen) atoms. The van der Waals surface area contributed by atoms with Crippen molar-refractivity contribution in [2.24, 2.45) is 4.99 Å². The number of aliphatic imine (C=N–C) groups is 1. The summed E-state index contributed by atoms with van der Waals surface area (Å²) in [6.07, 6.45) is 5.86. The van der Waals surface area contributed by atoms with Gasteiger partial charge in [0.2, 0.25) is 0 Å². The molecule has 0 heterocycles. The van der Waals surface area contributed by atoms with Crippen LogP contribution in [0.5, 0.6) is 0 Å². The first-order valence-corrected chi connectivity index (χ1v) is 5.24. The number of allylic oxidation sites excluding steroid dienone is 5. The highest BCUT2D eigenvalue weighted by Crippen LogP contribution is 2.07. The molecule has 0 N–H and O–H groups in total. The van der Waals surface area contributed by atoms with Crippen LogP contribution >= 0.6 is 11.8 Å². The van der Waals surface area contributed by atoms with Crippen LogP contribution < -0.4 is 0 Å². The van der Waals surface area contributed by atoms with E-state index in [1.807, 2.05) is 37.5 Å². The summed E-state index contributed by atoms with van der Waals surface area (Å²) in [6, 6.07) is 0. The first-order valence-electron chi connectivity index (χ1n) is 4.36. The largest absolute Gasteiger partial charge is 0.286 e. The number of rotatable bonds is 4. The maximum Gasteiger partial charge on any atom is 0.0683 e. The maximum absolute atomic E-state index is 4.02. The third kappa shape index (κ3) is 6.49. The van der Waals surface area contributed by atoms with Gasteiger partial charge in [-0.3, -0.25) is 4.99 Å². The van der Waals surface area contributed by atoms with E-state index in [9.17, 15) is 0 Å². The van der Waals surface area contributed by atoms with Gasteiger partial charge in [0.1, 0.15) is 0 Å². The van der Waals surface area contributed by atoms with E-state index < -0.39 is 0 Å². The van der Waals surface area contributed by atoms with Gasteiger partial charge < -0.3 is 0 Å². The van der Waals surface area contributed by atoms with Crippen LogP contribution in [-0.4, -0.2) is 12.1 Å². The predicted molar refractivity (Wildman–Crippen MR) is 68.9 cm³/mol. The Morgan fingerprint density at radius 3 is 2.36 bits per heavy atom. The molecule has 2 heteroatoms. The minimum Gasteiger partial charge on any atom is -0.286 e. The van der Waals surface area contributed by atoms with Crippen molar-refractivity contribution in [3.05, 3.63) is 47.9 Å². The van der Waals surface area contributed by atoms with Gasteiger partial charge in [-0.05, 0) is 24.8 Å². The SMILES string of the molecule is C=C(C)C(=C)/C=C\C=C\SC(C)=NC.